The van der Waals surface area contributed by atoms with E-state index in [1.165, 1.54) is 12.1 Å². The maximum atomic E-state index is 12.7. The molecule has 0 atom stereocenters. The van der Waals surface area contributed by atoms with Crippen LogP contribution in [-0.2, 0) is 10.0 Å². The number of aryl methyl sites for hydroxylation is 2. The zero-order valence-corrected chi connectivity index (χ0v) is 16.5. The number of hydrogen-bond acceptors (Lipinski definition) is 3. The van der Waals surface area contributed by atoms with Gasteiger partial charge in [-0.1, -0.05) is 37.6 Å². The number of carbonyl (C=O) groups is 1. The molecule has 0 aliphatic rings. The Morgan fingerprint density at radius 3 is 2.46 bits per heavy atom. The topological polar surface area (TPSA) is 75.3 Å². The summed E-state index contributed by atoms with van der Waals surface area (Å²) in [7, 11) is -3.77. The first-order valence-electron chi connectivity index (χ1n) is 8.67. The Hall–Kier alpha value is -2.34. The van der Waals surface area contributed by atoms with Crippen LogP contribution in [0.3, 0.4) is 0 Å². The maximum absolute atomic E-state index is 12.7. The van der Waals surface area contributed by atoms with Crippen LogP contribution in [0.25, 0.3) is 0 Å². The summed E-state index contributed by atoms with van der Waals surface area (Å²) in [4.78, 5) is 12.3. The van der Waals surface area contributed by atoms with Gasteiger partial charge in [-0.2, -0.15) is 0 Å². The van der Waals surface area contributed by atoms with E-state index >= 15 is 0 Å². The molecular weight excluding hydrogens is 348 g/mol. The molecule has 0 heterocycles. The lowest BCUT2D eigenvalue weighted by Crippen LogP contribution is -2.25. The minimum absolute atomic E-state index is 0.0639. The minimum Gasteiger partial charge on any atom is -0.352 e. The Bertz CT molecular complexity index is 890. The summed E-state index contributed by atoms with van der Waals surface area (Å²) in [5.74, 6) is 0.221. The van der Waals surface area contributed by atoms with E-state index < -0.39 is 10.0 Å². The van der Waals surface area contributed by atoms with Gasteiger partial charge in [-0.15, -0.1) is 0 Å². The fourth-order valence-electron chi connectivity index (χ4n) is 2.51. The third-order valence-corrected chi connectivity index (χ3v) is 5.40. The highest BCUT2D eigenvalue weighted by atomic mass is 32.2. The van der Waals surface area contributed by atoms with Crippen LogP contribution in [-0.4, -0.2) is 20.9 Å². The molecule has 0 saturated heterocycles. The molecule has 0 saturated carbocycles. The van der Waals surface area contributed by atoms with Crippen LogP contribution in [0.4, 0.5) is 5.69 Å². The molecule has 5 nitrogen and oxygen atoms in total. The molecule has 0 fully saturated rings. The zero-order chi connectivity index (χ0) is 19.3. The van der Waals surface area contributed by atoms with Gasteiger partial charge in [-0.3, -0.25) is 9.52 Å². The van der Waals surface area contributed by atoms with Gasteiger partial charge in [0, 0.05) is 12.1 Å². The van der Waals surface area contributed by atoms with E-state index in [0.29, 0.717) is 23.7 Å². The molecule has 0 spiro atoms. The molecule has 0 bridgehead atoms. The van der Waals surface area contributed by atoms with Gasteiger partial charge < -0.3 is 5.32 Å². The quantitative estimate of drug-likeness (QED) is 0.772. The molecule has 1 amide bonds. The average molecular weight is 375 g/mol. The normalized spacial score (nSPS) is 11.4. The van der Waals surface area contributed by atoms with Gasteiger partial charge in [-0.25, -0.2) is 8.42 Å². The van der Waals surface area contributed by atoms with Crippen molar-refractivity contribution in [2.75, 3.05) is 11.3 Å². The van der Waals surface area contributed by atoms with E-state index in [0.717, 1.165) is 17.5 Å². The Morgan fingerprint density at radius 1 is 1.08 bits per heavy atom. The van der Waals surface area contributed by atoms with Crippen molar-refractivity contribution in [3.8, 4) is 0 Å². The summed E-state index contributed by atoms with van der Waals surface area (Å²) >= 11 is 0. The Kier molecular flexibility index (Phi) is 6.42. The average Bonchev–Trinajstić information content (AvgIpc) is 2.57. The van der Waals surface area contributed by atoms with Gasteiger partial charge in [0.05, 0.1) is 10.6 Å². The van der Waals surface area contributed by atoms with Crippen molar-refractivity contribution in [3.05, 3.63) is 59.2 Å². The summed E-state index contributed by atoms with van der Waals surface area (Å²) in [6, 6.07) is 11.6. The summed E-state index contributed by atoms with van der Waals surface area (Å²) in [5, 5.41) is 2.82. The second-order valence-electron chi connectivity index (χ2n) is 6.89. The number of amides is 1. The van der Waals surface area contributed by atoms with Crippen molar-refractivity contribution >= 4 is 21.6 Å². The molecule has 2 rings (SSSR count). The largest absolute Gasteiger partial charge is 0.352 e. The SMILES string of the molecule is Cc1ccc(NS(=O)(=O)c2cccc(C(=O)NCCC(C)C)c2)c(C)c1. The summed E-state index contributed by atoms with van der Waals surface area (Å²) in [6.07, 6.45) is 0.873. The smallest absolute Gasteiger partial charge is 0.261 e. The van der Waals surface area contributed by atoms with Crippen LogP contribution in [0.15, 0.2) is 47.4 Å². The Balaban J connectivity index is 2.18. The molecule has 0 aromatic heterocycles. The first-order valence-corrected chi connectivity index (χ1v) is 10.2. The van der Waals surface area contributed by atoms with Crippen molar-refractivity contribution in [1.29, 1.82) is 0 Å². The molecule has 140 valence electrons. The monoisotopic (exact) mass is 374 g/mol. The third kappa shape index (κ3) is 5.33. The standard InChI is InChI=1S/C20H26N2O3S/c1-14(2)10-11-21-20(23)17-6-5-7-18(13-17)26(24,25)22-19-9-8-15(3)12-16(19)4/h5-9,12-14,22H,10-11H2,1-4H3,(H,21,23). The molecule has 2 aromatic rings. The number of sulfonamides is 1. The number of hydrogen-bond donors (Lipinski definition) is 2. The second-order valence-corrected chi connectivity index (χ2v) is 8.57. The van der Waals surface area contributed by atoms with Gasteiger partial charge in [0.25, 0.3) is 15.9 Å². The second kappa shape index (κ2) is 8.36. The maximum Gasteiger partial charge on any atom is 0.261 e. The van der Waals surface area contributed by atoms with Crippen molar-refractivity contribution in [2.45, 2.75) is 39.0 Å². The van der Waals surface area contributed by atoms with E-state index in [4.69, 9.17) is 0 Å². The Morgan fingerprint density at radius 2 is 1.81 bits per heavy atom. The molecule has 26 heavy (non-hydrogen) atoms. The molecule has 6 heteroatoms. The van der Waals surface area contributed by atoms with Gasteiger partial charge in [-0.05, 0) is 56.0 Å². The molecule has 2 N–H and O–H groups in total. The lowest BCUT2D eigenvalue weighted by atomic mass is 10.1. The summed E-state index contributed by atoms with van der Waals surface area (Å²) in [5.41, 5.74) is 2.77. The van der Waals surface area contributed by atoms with Crippen LogP contribution in [0.5, 0.6) is 0 Å². The van der Waals surface area contributed by atoms with Crippen molar-refractivity contribution in [1.82, 2.24) is 5.32 Å². The van der Waals surface area contributed by atoms with Gasteiger partial charge >= 0.3 is 0 Å². The van der Waals surface area contributed by atoms with Gasteiger partial charge in [0.15, 0.2) is 0 Å². The zero-order valence-electron chi connectivity index (χ0n) is 15.7. The highest BCUT2D eigenvalue weighted by Gasteiger charge is 2.17. The lowest BCUT2D eigenvalue weighted by molar-refractivity contribution is 0.0952. The number of rotatable bonds is 7. The first kappa shape index (κ1) is 20.0. The van der Waals surface area contributed by atoms with Gasteiger partial charge in [0.2, 0.25) is 0 Å². The summed E-state index contributed by atoms with van der Waals surface area (Å²) < 4.78 is 27.9. The fraction of sp³-hybridized carbons (Fsp3) is 0.350. The van der Waals surface area contributed by atoms with Crippen LogP contribution in [0, 0.1) is 19.8 Å². The van der Waals surface area contributed by atoms with Crippen molar-refractivity contribution in [3.63, 3.8) is 0 Å². The van der Waals surface area contributed by atoms with E-state index in [2.05, 4.69) is 23.9 Å². The van der Waals surface area contributed by atoms with Gasteiger partial charge in [0.1, 0.15) is 0 Å². The van der Waals surface area contributed by atoms with Crippen LogP contribution >= 0.6 is 0 Å². The highest BCUT2D eigenvalue weighted by molar-refractivity contribution is 7.92. The minimum atomic E-state index is -3.77. The summed E-state index contributed by atoms with van der Waals surface area (Å²) in [6.45, 7) is 8.53. The molecule has 0 aliphatic carbocycles. The lowest BCUT2D eigenvalue weighted by Gasteiger charge is -2.12. The predicted molar refractivity (Wildman–Crippen MR) is 105 cm³/mol. The molecular formula is C20H26N2O3S. The third-order valence-electron chi connectivity index (χ3n) is 4.04. The highest BCUT2D eigenvalue weighted by Crippen LogP contribution is 2.21. The van der Waals surface area contributed by atoms with Crippen molar-refractivity contribution < 1.29 is 13.2 Å². The molecule has 0 unspecified atom stereocenters. The van der Waals surface area contributed by atoms with E-state index in [1.807, 2.05) is 26.0 Å². The van der Waals surface area contributed by atoms with Crippen LogP contribution in [0.1, 0.15) is 41.8 Å². The van der Waals surface area contributed by atoms with E-state index in [9.17, 15) is 13.2 Å². The number of anilines is 1. The molecule has 0 radical (unpaired) electrons. The number of nitrogens with one attached hydrogen (secondary N) is 2. The van der Waals surface area contributed by atoms with E-state index in [-0.39, 0.29) is 10.8 Å². The first-order chi connectivity index (χ1) is 12.2. The Labute approximate surface area is 155 Å². The molecule has 0 aliphatic heterocycles. The number of carbonyl (C=O) groups excluding carboxylic acids is 1. The number of benzene rings is 2. The molecule has 2 aromatic carbocycles. The predicted octanol–water partition coefficient (Wildman–Crippen LogP) is 3.88. The fourth-order valence-corrected chi connectivity index (χ4v) is 3.69. The van der Waals surface area contributed by atoms with Crippen molar-refractivity contribution in [2.24, 2.45) is 5.92 Å². The van der Waals surface area contributed by atoms with Crippen LogP contribution < -0.4 is 10.0 Å². The van der Waals surface area contributed by atoms with E-state index in [1.54, 1.807) is 18.2 Å². The van der Waals surface area contributed by atoms with Crippen LogP contribution in [0.2, 0.25) is 0 Å².